The van der Waals surface area contributed by atoms with Gasteiger partial charge in [-0.3, -0.25) is 4.79 Å². The highest BCUT2D eigenvalue weighted by atomic mass is 32.2. The zero-order valence-corrected chi connectivity index (χ0v) is 11.7. The molecule has 1 unspecified atom stereocenters. The third-order valence-corrected chi connectivity index (χ3v) is 5.40. The second-order valence-electron chi connectivity index (χ2n) is 3.82. The second-order valence-corrected chi connectivity index (χ2v) is 6.66. The summed E-state index contributed by atoms with van der Waals surface area (Å²) in [5.74, 6) is 1.23. The van der Waals surface area contributed by atoms with Crippen LogP contribution in [0.15, 0.2) is 16.3 Å². The number of hydrogen-bond acceptors (Lipinski definition) is 4. The smallest absolute Gasteiger partial charge is 0.264 e. The molecule has 1 amide bonds. The van der Waals surface area contributed by atoms with E-state index in [4.69, 9.17) is 0 Å². The van der Waals surface area contributed by atoms with Gasteiger partial charge in [0.15, 0.2) is 0 Å². The van der Waals surface area contributed by atoms with Crippen LogP contribution in [0.3, 0.4) is 0 Å². The third-order valence-electron chi connectivity index (χ3n) is 2.68. The highest BCUT2D eigenvalue weighted by molar-refractivity contribution is 8.00. The van der Waals surface area contributed by atoms with Crippen LogP contribution in [0.2, 0.25) is 0 Å². The molecule has 1 aromatic heterocycles. The van der Waals surface area contributed by atoms with Gasteiger partial charge >= 0.3 is 0 Å². The summed E-state index contributed by atoms with van der Waals surface area (Å²) in [6.45, 7) is 3.95. The van der Waals surface area contributed by atoms with Gasteiger partial charge in [0.05, 0.1) is 4.88 Å². The van der Waals surface area contributed by atoms with E-state index in [2.05, 4.69) is 19.6 Å². The molecular formula is C11H15NOS3. The molecule has 1 fully saturated rings. The van der Waals surface area contributed by atoms with E-state index in [1.807, 2.05) is 28.1 Å². The van der Waals surface area contributed by atoms with E-state index in [0.717, 1.165) is 35.0 Å². The van der Waals surface area contributed by atoms with E-state index >= 15 is 0 Å². The molecule has 5 heteroatoms. The first-order valence-electron chi connectivity index (χ1n) is 5.39. The van der Waals surface area contributed by atoms with Crippen molar-refractivity contribution in [1.29, 1.82) is 0 Å². The Labute approximate surface area is 110 Å². The first-order chi connectivity index (χ1) is 7.70. The van der Waals surface area contributed by atoms with E-state index in [1.54, 1.807) is 0 Å². The lowest BCUT2D eigenvalue weighted by atomic mass is 10.3. The van der Waals surface area contributed by atoms with Crippen molar-refractivity contribution in [1.82, 2.24) is 4.90 Å². The van der Waals surface area contributed by atoms with Crippen molar-refractivity contribution in [2.75, 3.05) is 18.8 Å². The predicted molar refractivity (Wildman–Crippen MR) is 74.0 cm³/mol. The van der Waals surface area contributed by atoms with Crippen molar-refractivity contribution in [3.05, 3.63) is 16.3 Å². The highest BCUT2D eigenvalue weighted by Gasteiger charge is 2.24. The van der Waals surface area contributed by atoms with E-state index in [9.17, 15) is 4.79 Å². The molecule has 0 radical (unpaired) electrons. The molecule has 0 spiro atoms. The summed E-state index contributed by atoms with van der Waals surface area (Å²) < 4.78 is 0. The fraction of sp³-hybridized carbons (Fsp3) is 0.545. The molecule has 0 bridgehead atoms. The quantitative estimate of drug-likeness (QED) is 0.836. The lowest BCUT2D eigenvalue weighted by Gasteiger charge is -2.31. The van der Waals surface area contributed by atoms with Crippen molar-refractivity contribution < 1.29 is 4.79 Å². The van der Waals surface area contributed by atoms with Crippen molar-refractivity contribution in [2.45, 2.75) is 23.5 Å². The van der Waals surface area contributed by atoms with E-state index in [1.165, 1.54) is 11.3 Å². The molecule has 0 saturated carbocycles. The zero-order chi connectivity index (χ0) is 11.5. The maximum Gasteiger partial charge on any atom is 0.264 e. The summed E-state index contributed by atoms with van der Waals surface area (Å²) in [5, 5.41) is 2.51. The summed E-state index contributed by atoms with van der Waals surface area (Å²) in [6, 6.07) is 1.86. The SMILES string of the molecule is CCC1CN(C(=O)c2cc(S)cs2)CCS1. The van der Waals surface area contributed by atoms with Gasteiger partial charge in [0.1, 0.15) is 0 Å². The molecule has 0 N–H and O–H groups in total. The van der Waals surface area contributed by atoms with Gasteiger partial charge in [-0.1, -0.05) is 6.92 Å². The molecule has 2 heterocycles. The summed E-state index contributed by atoms with van der Waals surface area (Å²) in [4.78, 5) is 15.8. The van der Waals surface area contributed by atoms with Crippen LogP contribution in [0.1, 0.15) is 23.0 Å². The number of rotatable bonds is 2. The normalized spacial score (nSPS) is 21.1. The standard InChI is InChI=1S/C11H15NOS3/c1-2-9-6-12(3-4-15-9)11(13)10-5-8(14)7-16-10/h5,7,9,14H,2-4,6H2,1H3. The summed E-state index contributed by atoms with van der Waals surface area (Å²) in [5.41, 5.74) is 0. The molecule has 0 aliphatic carbocycles. The van der Waals surface area contributed by atoms with Crippen molar-refractivity contribution in [3.8, 4) is 0 Å². The van der Waals surface area contributed by atoms with Gasteiger partial charge in [-0.25, -0.2) is 0 Å². The third kappa shape index (κ3) is 2.76. The number of hydrogen-bond donors (Lipinski definition) is 1. The van der Waals surface area contributed by atoms with Crippen molar-refractivity contribution in [2.24, 2.45) is 0 Å². The molecule has 2 nitrogen and oxygen atoms in total. The molecule has 88 valence electrons. The molecule has 2 rings (SSSR count). The van der Waals surface area contributed by atoms with Crippen molar-refractivity contribution >= 4 is 41.6 Å². The van der Waals surface area contributed by atoms with E-state index in [0.29, 0.717) is 5.25 Å². The summed E-state index contributed by atoms with van der Waals surface area (Å²) >= 11 is 7.70. The van der Waals surface area contributed by atoms with Gasteiger partial charge < -0.3 is 4.90 Å². The molecule has 1 aliphatic heterocycles. The summed E-state index contributed by atoms with van der Waals surface area (Å²) in [7, 11) is 0. The van der Waals surface area contributed by atoms with Crippen LogP contribution in [0, 0.1) is 0 Å². The Balaban J connectivity index is 2.04. The monoisotopic (exact) mass is 273 g/mol. The number of carbonyl (C=O) groups excluding carboxylic acids is 1. The maximum atomic E-state index is 12.2. The minimum absolute atomic E-state index is 0.170. The van der Waals surface area contributed by atoms with Gasteiger partial charge in [0.25, 0.3) is 5.91 Å². The molecule has 1 aromatic rings. The first kappa shape index (κ1) is 12.3. The van der Waals surface area contributed by atoms with Crippen molar-refractivity contribution in [3.63, 3.8) is 0 Å². The van der Waals surface area contributed by atoms with Gasteiger partial charge in [0.2, 0.25) is 0 Å². The number of amides is 1. The molecule has 1 atom stereocenters. The highest BCUT2D eigenvalue weighted by Crippen LogP contribution is 2.25. The minimum Gasteiger partial charge on any atom is -0.336 e. The van der Waals surface area contributed by atoms with Gasteiger partial charge in [0, 0.05) is 34.4 Å². The number of nitrogens with zero attached hydrogens (tertiary/aromatic N) is 1. The lowest BCUT2D eigenvalue weighted by molar-refractivity contribution is 0.0765. The lowest BCUT2D eigenvalue weighted by Crippen LogP contribution is -2.41. The fourth-order valence-electron chi connectivity index (χ4n) is 1.74. The Morgan fingerprint density at radius 3 is 3.12 bits per heavy atom. The fourth-order valence-corrected chi connectivity index (χ4v) is 4.04. The van der Waals surface area contributed by atoms with Gasteiger partial charge in [-0.2, -0.15) is 11.8 Å². The molecule has 16 heavy (non-hydrogen) atoms. The maximum absolute atomic E-state index is 12.2. The Morgan fingerprint density at radius 1 is 1.69 bits per heavy atom. The average Bonchev–Trinajstić information content (AvgIpc) is 2.75. The zero-order valence-electron chi connectivity index (χ0n) is 9.18. The Hall–Kier alpha value is -0.130. The van der Waals surface area contributed by atoms with Crippen LogP contribution in [0.25, 0.3) is 0 Å². The second kappa shape index (κ2) is 5.47. The van der Waals surface area contributed by atoms with Crippen LogP contribution in [0.4, 0.5) is 0 Å². The largest absolute Gasteiger partial charge is 0.336 e. The topological polar surface area (TPSA) is 20.3 Å². The Kier molecular flexibility index (Phi) is 4.21. The summed E-state index contributed by atoms with van der Waals surface area (Å²) in [6.07, 6.45) is 1.14. The van der Waals surface area contributed by atoms with Crippen LogP contribution in [-0.4, -0.2) is 34.9 Å². The van der Waals surface area contributed by atoms with Crippen LogP contribution in [0.5, 0.6) is 0 Å². The number of thiophene rings is 1. The Morgan fingerprint density at radius 2 is 2.50 bits per heavy atom. The van der Waals surface area contributed by atoms with Gasteiger partial charge in [-0.05, 0) is 12.5 Å². The molecular weight excluding hydrogens is 258 g/mol. The minimum atomic E-state index is 0.170. The number of thiol groups is 1. The van der Waals surface area contributed by atoms with E-state index < -0.39 is 0 Å². The number of thioether (sulfide) groups is 1. The van der Waals surface area contributed by atoms with Gasteiger partial charge in [-0.15, -0.1) is 24.0 Å². The number of carbonyl (C=O) groups is 1. The average molecular weight is 273 g/mol. The van der Waals surface area contributed by atoms with E-state index in [-0.39, 0.29) is 5.91 Å². The van der Waals surface area contributed by atoms with Crippen LogP contribution < -0.4 is 0 Å². The molecule has 1 aliphatic rings. The Bertz CT molecular complexity index is 377. The molecule has 0 aromatic carbocycles. The first-order valence-corrected chi connectivity index (χ1v) is 7.76. The molecule has 1 saturated heterocycles. The van der Waals surface area contributed by atoms with Crippen LogP contribution in [-0.2, 0) is 0 Å². The van der Waals surface area contributed by atoms with Crippen LogP contribution >= 0.6 is 35.7 Å². The predicted octanol–water partition coefficient (Wildman–Crippen LogP) is 3.00.